The van der Waals surface area contributed by atoms with Crippen molar-refractivity contribution in [2.24, 2.45) is 5.41 Å². The lowest BCUT2D eigenvalue weighted by atomic mass is 9.85. The molecular weight excluding hydrogens is 386 g/mol. The molecule has 0 bridgehead atoms. The van der Waals surface area contributed by atoms with Crippen LogP contribution in [0.3, 0.4) is 0 Å². The van der Waals surface area contributed by atoms with Crippen LogP contribution in [0.2, 0.25) is 0 Å². The van der Waals surface area contributed by atoms with Gasteiger partial charge in [-0.25, -0.2) is 14.4 Å². The second kappa shape index (κ2) is 7.16. The molecule has 1 aromatic carbocycles. The van der Waals surface area contributed by atoms with E-state index < -0.39 is 29.1 Å². The maximum Gasteiger partial charge on any atom is 0.348 e. The van der Waals surface area contributed by atoms with Gasteiger partial charge in [0.2, 0.25) is 0 Å². The van der Waals surface area contributed by atoms with Crippen molar-refractivity contribution in [3.05, 3.63) is 58.4 Å². The first kappa shape index (κ1) is 21.4. The summed E-state index contributed by atoms with van der Waals surface area (Å²) in [4.78, 5) is 36.3. The maximum atomic E-state index is 12.6. The Morgan fingerprint density at radius 2 is 1.60 bits per heavy atom. The van der Waals surface area contributed by atoms with E-state index in [1.54, 1.807) is 19.1 Å². The molecule has 1 saturated heterocycles. The van der Waals surface area contributed by atoms with Gasteiger partial charge in [0.1, 0.15) is 5.57 Å². The van der Waals surface area contributed by atoms with E-state index in [2.05, 4.69) is 0 Å². The lowest BCUT2D eigenvalue weighted by molar-refractivity contribution is -0.261. The Kier molecular flexibility index (Phi) is 5.10. The van der Waals surface area contributed by atoms with Gasteiger partial charge in [-0.05, 0) is 55.8 Å². The number of hydrogen-bond donors (Lipinski definition) is 1. The van der Waals surface area contributed by atoms with Crippen LogP contribution in [0.4, 0.5) is 0 Å². The van der Waals surface area contributed by atoms with E-state index in [-0.39, 0.29) is 11.1 Å². The number of benzene rings is 1. The van der Waals surface area contributed by atoms with Crippen molar-refractivity contribution in [2.45, 2.75) is 47.3 Å². The summed E-state index contributed by atoms with van der Waals surface area (Å²) in [6.45, 7) is 10.8. The number of aryl methyl sites for hydroxylation is 1. The van der Waals surface area contributed by atoms with E-state index in [9.17, 15) is 14.4 Å². The van der Waals surface area contributed by atoms with Crippen molar-refractivity contribution >= 4 is 24.0 Å². The van der Waals surface area contributed by atoms with E-state index in [0.717, 1.165) is 17.1 Å². The highest BCUT2D eigenvalue weighted by atomic mass is 16.7. The van der Waals surface area contributed by atoms with Crippen LogP contribution in [-0.4, -0.2) is 33.4 Å². The monoisotopic (exact) mass is 411 g/mol. The van der Waals surface area contributed by atoms with Crippen LogP contribution in [0, 0.1) is 19.3 Å². The quantitative estimate of drug-likeness (QED) is 0.465. The van der Waals surface area contributed by atoms with Gasteiger partial charge in [0.25, 0.3) is 5.79 Å². The average molecular weight is 411 g/mol. The van der Waals surface area contributed by atoms with Crippen molar-refractivity contribution in [1.29, 1.82) is 0 Å². The lowest BCUT2D eigenvalue weighted by Crippen LogP contribution is -2.52. The standard InChI is InChI=1S/C23H25NO6/c1-13-11-16(14(2)24(13)17-9-7-15(8-10-17)19(25)26)12-18-20(27)29-23(6,22(3,4)5)30-21(18)28/h7-12H,1-6H3,(H,25,26). The molecule has 0 saturated carbocycles. The summed E-state index contributed by atoms with van der Waals surface area (Å²) in [5, 5.41) is 9.08. The fraction of sp³-hybridized carbons (Fsp3) is 0.348. The van der Waals surface area contributed by atoms with Gasteiger partial charge in [-0.2, -0.15) is 0 Å². The predicted molar refractivity (Wildman–Crippen MR) is 110 cm³/mol. The Morgan fingerprint density at radius 1 is 1.07 bits per heavy atom. The molecule has 1 N–H and O–H groups in total. The summed E-state index contributed by atoms with van der Waals surface area (Å²) >= 11 is 0. The molecule has 2 aromatic rings. The minimum absolute atomic E-state index is 0.168. The van der Waals surface area contributed by atoms with Crippen molar-refractivity contribution < 1.29 is 29.0 Å². The summed E-state index contributed by atoms with van der Waals surface area (Å²) in [6, 6.07) is 8.30. The van der Waals surface area contributed by atoms with Crippen molar-refractivity contribution in [3.8, 4) is 5.69 Å². The fourth-order valence-electron chi connectivity index (χ4n) is 3.23. The van der Waals surface area contributed by atoms with E-state index in [0.29, 0.717) is 5.56 Å². The van der Waals surface area contributed by atoms with Crippen LogP contribution >= 0.6 is 0 Å². The smallest absolute Gasteiger partial charge is 0.348 e. The molecule has 7 heteroatoms. The van der Waals surface area contributed by atoms with Gasteiger partial charge in [-0.15, -0.1) is 0 Å². The number of ether oxygens (including phenoxy) is 2. The zero-order valence-electron chi connectivity index (χ0n) is 17.9. The fourth-order valence-corrected chi connectivity index (χ4v) is 3.23. The third kappa shape index (κ3) is 3.63. The number of carboxylic acid groups (broad SMARTS) is 1. The zero-order valence-corrected chi connectivity index (χ0v) is 17.9. The number of cyclic esters (lactones) is 2. The van der Waals surface area contributed by atoms with Gasteiger partial charge in [0.15, 0.2) is 0 Å². The van der Waals surface area contributed by atoms with Gasteiger partial charge in [0, 0.05) is 29.4 Å². The second-order valence-corrected chi connectivity index (χ2v) is 8.55. The minimum Gasteiger partial charge on any atom is -0.478 e. The first-order chi connectivity index (χ1) is 13.8. The number of hydrogen-bond acceptors (Lipinski definition) is 5. The van der Waals surface area contributed by atoms with Crippen molar-refractivity contribution in [3.63, 3.8) is 0 Å². The first-order valence-electron chi connectivity index (χ1n) is 9.55. The molecule has 1 aliphatic heterocycles. The Balaban J connectivity index is 1.98. The molecule has 1 aliphatic rings. The maximum absolute atomic E-state index is 12.6. The highest BCUT2D eigenvalue weighted by molar-refractivity contribution is 6.19. The molecule has 0 aliphatic carbocycles. The topological polar surface area (TPSA) is 94.8 Å². The van der Waals surface area contributed by atoms with Crippen LogP contribution in [-0.2, 0) is 19.1 Å². The van der Waals surface area contributed by atoms with E-state index in [1.807, 2.05) is 45.3 Å². The van der Waals surface area contributed by atoms with Crippen LogP contribution in [0.15, 0.2) is 35.9 Å². The number of nitrogens with zero attached hydrogens (tertiary/aromatic N) is 1. The molecule has 30 heavy (non-hydrogen) atoms. The molecule has 0 spiro atoms. The first-order valence-corrected chi connectivity index (χ1v) is 9.55. The van der Waals surface area contributed by atoms with E-state index in [4.69, 9.17) is 14.6 Å². The lowest BCUT2D eigenvalue weighted by Gasteiger charge is -2.42. The van der Waals surface area contributed by atoms with E-state index >= 15 is 0 Å². The summed E-state index contributed by atoms with van der Waals surface area (Å²) in [5.41, 5.74) is 2.53. The van der Waals surface area contributed by atoms with Crippen LogP contribution in [0.5, 0.6) is 0 Å². The van der Waals surface area contributed by atoms with Crippen LogP contribution in [0.1, 0.15) is 55.0 Å². The number of rotatable bonds is 3. The van der Waals surface area contributed by atoms with Gasteiger partial charge in [-0.3, -0.25) is 0 Å². The SMILES string of the molecule is Cc1cc(C=C2C(=O)OC(C)(C(C)(C)C)OC2=O)c(C)n1-c1ccc(C(=O)O)cc1. The van der Waals surface area contributed by atoms with Gasteiger partial charge in [0.05, 0.1) is 5.56 Å². The molecule has 0 amide bonds. The van der Waals surface area contributed by atoms with E-state index in [1.165, 1.54) is 18.2 Å². The summed E-state index contributed by atoms with van der Waals surface area (Å²) in [6.07, 6.45) is 1.47. The number of carboxylic acids is 1. The number of carbonyl (C=O) groups is 3. The summed E-state index contributed by atoms with van der Waals surface area (Å²) < 4.78 is 12.9. The second-order valence-electron chi connectivity index (χ2n) is 8.55. The molecule has 2 heterocycles. The molecular formula is C23H25NO6. The third-order valence-corrected chi connectivity index (χ3v) is 5.52. The zero-order chi connectivity index (χ0) is 22.4. The molecule has 7 nitrogen and oxygen atoms in total. The van der Waals surface area contributed by atoms with Crippen molar-refractivity contribution in [1.82, 2.24) is 4.57 Å². The molecule has 1 aromatic heterocycles. The Labute approximate surface area is 174 Å². The van der Waals surface area contributed by atoms with Crippen LogP contribution in [0.25, 0.3) is 11.8 Å². The van der Waals surface area contributed by atoms with Crippen molar-refractivity contribution in [2.75, 3.05) is 0 Å². The Bertz CT molecular complexity index is 1050. The van der Waals surface area contributed by atoms with Gasteiger partial charge < -0.3 is 19.1 Å². The highest BCUT2D eigenvalue weighted by Crippen LogP contribution is 2.39. The summed E-state index contributed by atoms with van der Waals surface area (Å²) in [7, 11) is 0. The number of esters is 2. The van der Waals surface area contributed by atoms with Gasteiger partial charge >= 0.3 is 17.9 Å². The summed E-state index contributed by atoms with van der Waals surface area (Å²) in [5.74, 6) is -3.79. The number of aromatic carboxylic acids is 1. The average Bonchev–Trinajstić information content (AvgIpc) is 2.90. The molecule has 158 valence electrons. The normalized spacial score (nSPS) is 19.3. The minimum atomic E-state index is -1.35. The number of carbonyl (C=O) groups excluding carboxylic acids is 2. The highest BCUT2D eigenvalue weighted by Gasteiger charge is 2.50. The molecule has 0 atom stereocenters. The Hall–Kier alpha value is -3.35. The molecule has 3 rings (SSSR count). The predicted octanol–water partition coefficient (Wildman–Crippen LogP) is 4.04. The Morgan fingerprint density at radius 3 is 2.07 bits per heavy atom. The molecule has 0 unspecified atom stereocenters. The van der Waals surface area contributed by atoms with Gasteiger partial charge in [-0.1, -0.05) is 20.8 Å². The van der Waals surface area contributed by atoms with Crippen LogP contribution < -0.4 is 0 Å². The third-order valence-electron chi connectivity index (χ3n) is 5.52. The number of aromatic nitrogens is 1. The largest absolute Gasteiger partial charge is 0.478 e. The molecule has 0 radical (unpaired) electrons. The molecule has 1 fully saturated rings.